The first-order chi connectivity index (χ1) is 16.2. The first-order valence-electron chi connectivity index (χ1n) is 14.6. The minimum Gasteiger partial charge on any atom is -0.356 e. The number of unbranched alkanes of at least 4 members (excludes halogenated alkanes) is 17. The van der Waals surface area contributed by atoms with E-state index in [9.17, 15) is 9.36 Å². The van der Waals surface area contributed by atoms with Crippen molar-refractivity contribution in [2.45, 2.75) is 169 Å². The fraction of sp³-hybridized carbons (Fsp3) is 0.933. The van der Waals surface area contributed by atoms with E-state index in [1.807, 2.05) is 20.8 Å². The summed E-state index contributed by atoms with van der Waals surface area (Å²) in [5.41, 5.74) is 0. The lowest BCUT2D eigenvalue weighted by Gasteiger charge is -2.33. The summed E-state index contributed by atoms with van der Waals surface area (Å²) in [6, 6.07) is 0. The average Bonchev–Trinajstić information content (AvgIpc) is 2.77. The van der Waals surface area contributed by atoms with Crippen molar-refractivity contribution in [3.63, 3.8) is 0 Å². The van der Waals surface area contributed by atoms with E-state index in [-0.39, 0.29) is 13.3 Å². The van der Waals surface area contributed by atoms with Gasteiger partial charge in [0.2, 0.25) is 5.91 Å². The van der Waals surface area contributed by atoms with Crippen molar-refractivity contribution in [2.75, 3.05) is 13.2 Å². The Balaban J connectivity index is 0. The monoisotopic (exact) mass is 516 g/mol. The quantitative estimate of drug-likeness (QED) is 0.0788. The van der Waals surface area contributed by atoms with Crippen LogP contribution in [0.5, 0.6) is 0 Å². The van der Waals surface area contributed by atoms with Crippen molar-refractivity contribution in [3.05, 3.63) is 6.66 Å². The van der Waals surface area contributed by atoms with Gasteiger partial charge in [0, 0.05) is 18.1 Å². The third kappa shape index (κ3) is 23.8. The van der Waals surface area contributed by atoms with Crippen LogP contribution in [-0.4, -0.2) is 24.2 Å². The lowest BCUT2D eigenvalue weighted by Crippen LogP contribution is -2.23. The summed E-state index contributed by atoms with van der Waals surface area (Å²) < 4.78 is 17.8. The van der Waals surface area contributed by atoms with Crippen LogP contribution in [0.1, 0.15) is 164 Å². The molecule has 0 bridgehead atoms. The molecule has 0 aliphatic heterocycles. The molecule has 0 saturated heterocycles. The molecule has 0 saturated carbocycles. The normalized spacial score (nSPS) is 13.3. The van der Waals surface area contributed by atoms with Gasteiger partial charge in [-0.05, 0) is 19.3 Å². The molecule has 1 N–H and O–H groups in total. The van der Waals surface area contributed by atoms with Crippen molar-refractivity contribution < 1.29 is 13.9 Å². The number of carbonyl (C=O) groups excluding carboxylic acids is 1. The number of carbonyl (C=O) groups is 1. The van der Waals surface area contributed by atoms with Crippen LogP contribution in [-0.2, 0) is 13.9 Å². The predicted octanol–water partition coefficient (Wildman–Crippen LogP) is 10.4. The molecule has 0 spiro atoms. The molecule has 5 heteroatoms. The molecule has 0 aromatic rings. The molecule has 0 aliphatic rings. The van der Waals surface area contributed by atoms with Crippen LogP contribution in [0.2, 0.25) is 0 Å². The lowest BCUT2D eigenvalue weighted by atomic mass is 10.0. The Morgan fingerprint density at radius 2 is 1.11 bits per heavy atom. The zero-order chi connectivity index (χ0) is 25.5. The smallest absolute Gasteiger partial charge is 0.219 e. The molecule has 0 radical (unpaired) electrons. The molecule has 0 fully saturated rings. The van der Waals surface area contributed by atoms with E-state index in [2.05, 4.69) is 18.9 Å². The van der Waals surface area contributed by atoms with Crippen LogP contribution in [0.25, 0.3) is 0 Å². The molecule has 0 aromatic carbocycles. The SMILES string of the molecule is C.[CH2-]P(=O)(OCCCCCCNC(=O)CCCCCCCCCCCCCCCCC)C(C)(C)C. The van der Waals surface area contributed by atoms with Gasteiger partial charge in [-0.3, -0.25) is 11.5 Å². The van der Waals surface area contributed by atoms with E-state index in [0.29, 0.717) is 13.0 Å². The average molecular weight is 517 g/mol. The molecule has 0 rings (SSSR count). The first-order valence-corrected chi connectivity index (χ1v) is 16.4. The predicted molar refractivity (Wildman–Crippen MR) is 156 cm³/mol. The molecular formula is C30H63NO3P-. The van der Waals surface area contributed by atoms with E-state index >= 15 is 0 Å². The molecule has 1 atom stereocenters. The van der Waals surface area contributed by atoms with Gasteiger partial charge in [-0.15, -0.1) is 0 Å². The van der Waals surface area contributed by atoms with Crippen molar-refractivity contribution in [1.29, 1.82) is 0 Å². The number of hydrogen-bond acceptors (Lipinski definition) is 3. The van der Waals surface area contributed by atoms with Gasteiger partial charge in [0.1, 0.15) is 0 Å². The second kappa shape index (κ2) is 24.0. The highest BCUT2D eigenvalue weighted by Crippen LogP contribution is 2.57. The van der Waals surface area contributed by atoms with Crippen molar-refractivity contribution in [1.82, 2.24) is 5.32 Å². The Morgan fingerprint density at radius 1 is 0.714 bits per heavy atom. The van der Waals surface area contributed by atoms with Crippen molar-refractivity contribution in [3.8, 4) is 0 Å². The molecule has 0 aromatic heterocycles. The summed E-state index contributed by atoms with van der Waals surface area (Å²) >= 11 is 0. The van der Waals surface area contributed by atoms with Crippen molar-refractivity contribution in [2.24, 2.45) is 0 Å². The summed E-state index contributed by atoms with van der Waals surface area (Å²) in [6.07, 6.45) is 24.9. The summed E-state index contributed by atoms with van der Waals surface area (Å²) in [5, 5.41) is 2.64. The van der Waals surface area contributed by atoms with E-state index in [0.717, 1.165) is 38.6 Å². The Morgan fingerprint density at radius 3 is 1.57 bits per heavy atom. The second-order valence-corrected chi connectivity index (χ2v) is 14.1. The fourth-order valence-corrected chi connectivity index (χ4v) is 4.77. The highest BCUT2D eigenvalue weighted by Gasteiger charge is 2.25. The zero-order valence-electron chi connectivity index (χ0n) is 23.4. The standard InChI is InChI=1S/C29H59NO3P.CH4/c1-6-7-8-9-10-11-12-13-14-15-16-17-18-19-22-25-28(31)30-26-23-20-21-24-27-33-34(5,32)29(2,3)4;/h5-27H2,1-4H3,(H,30,31);1H4/q-1;. The number of amides is 1. The summed E-state index contributed by atoms with van der Waals surface area (Å²) in [6.45, 7) is 13.0. The first kappa shape index (κ1) is 36.8. The summed E-state index contributed by atoms with van der Waals surface area (Å²) in [5.74, 6) is 0.196. The topological polar surface area (TPSA) is 55.4 Å². The molecule has 212 valence electrons. The molecule has 0 aliphatic carbocycles. The number of hydrogen-bond donors (Lipinski definition) is 1. The van der Waals surface area contributed by atoms with Gasteiger partial charge in [-0.2, -0.15) is 0 Å². The van der Waals surface area contributed by atoms with Gasteiger partial charge < -0.3 is 14.4 Å². The summed E-state index contributed by atoms with van der Waals surface area (Å²) in [7, 11) is -2.79. The maximum Gasteiger partial charge on any atom is 0.219 e. The molecule has 0 heterocycles. The second-order valence-electron chi connectivity index (χ2n) is 11.1. The third-order valence-electron chi connectivity index (χ3n) is 6.72. The maximum absolute atomic E-state index is 12.3. The van der Waals surface area contributed by atoms with Crippen LogP contribution in [0.3, 0.4) is 0 Å². The van der Waals surface area contributed by atoms with Crippen LogP contribution in [0, 0.1) is 6.66 Å². The minimum absolute atomic E-state index is 0. The van der Waals surface area contributed by atoms with E-state index in [4.69, 9.17) is 4.52 Å². The highest BCUT2D eigenvalue weighted by atomic mass is 31.2. The Kier molecular flexibility index (Phi) is 25.3. The van der Waals surface area contributed by atoms with E-state index < -0.39 is 12.5 Å². The third-order valence-corrected chi connectivity index (χ3v) is 9.37. The number of nitrogens with one attached hydrogen (secondary N) is 1. The molecule has 1 unspecified atom stereocenters. The largest absolute Gasteiger partial charge is 0.356 e. The van der Waals surface area contributed by atoms with Gasteiger partial charge in [0.25, 0.3) is 0 Å². The molecule has 35 heavy (non-hydrogen) atoms. The Bertz CT molecular complexity index is 516. The van der Waals surface area contributed by atoms with Crippen LogP contribution in [0.15, 0.2) is 0 Å². The van der Waals surface area contributed by atoms with Crippen molar-refractivity contribution >= 4 is 13.3 Å². The van der Waals surface area contributed by atoms with Gasteiger partial charge in [0.05, 0.1) is 14.0 Å². The molecule has 4 nitrogen and oxygen atoms in total. The maximum atomic E-state index is 12.3. The van der Waals surface area contributed by atoms with Gasteiger partial charge >= 0.3 is 0 Å². The van der Waals surface area contributed by atoms with E-state index in [1.54, 1.807) is 0 Å². The highest BCUT2D eigenvalue weighted by molar-refractivity contribution is 7.61. The van der Waals surface area contributed by atoms with Crippen LogP contribution < -0.4 is 5.32 Å². The minimum atomic E-state index is -2.79. The summed E-state index contributed by atoms with van der Waals surface area (Å²) in [4.78, 5) is 11.9. The Labute approximate surface area is 221 Å². The van der Waals surface area contributed by atoms with Crippen LogP contribution in [0.4, 0.5) is 0 Å². The van der Waals surface area contributed by atoms with Gasteiger partial charge in [0.15, 0.2) is 0 Å². The fourth-order valence-electron chi connectivity index (χ4n) is 3.96. The Hall–Kier alpha value is -0.340. The van der Waals surface area contributed by atoms with Crippen LogP contribution >= 0.6 is 7.37 Å². The molecular weight excluding hydrogens is 453 g/mol. The zero-order valence-corrected chi connectivity index (χ0v) is 24.3. The number of rotatable bonds is 24. The molecule has 1 amide bonds. The van der Waals surface area contributed by atoms with E-state index in [1.165, 1.54) is 89.9 Å². The lowest BCUT2D eigenvalue weighted by molar-refractivity contribution is -0.121. The van der Waals surface area contributed by atoms with Gasteiger partial charge in [-0.1, -0.05) is 138 Å². The van der Waals surface area contributed by atoms with Gasteiger partial charge in [-0.25, -0.2) is 0 Å².